The topological polar surface area (TPSA) is 62.7 Å². The summed E-state index contributed by atoms with van der Waals surface area (Å²) in [5.74, 6) is 0.627. The van der Waals surface area contributed by atoms with Crippen LogP contribution in [-0.2, 0) is 13.1 Å². The third-order valence-electron chi connectivity index (χ3n) is 3.90. The van der Waals surface area contributed by atoms with E-state index in [0.29, 0.717) is 31.0 Å². The molecule has 23 heavy (non-hydrogen) atoms. The number of thiophene rings is 1. The van der Waals surface area contributed by atoms with Gasteiger partial charge in [0, 0.05) is 18.0 Å². The van der Waals surface area contributed by atoms with E-state index in [9.17, 15) is 4.79 Å². The normalized spacial score (nSPS) is 11.1. The molecule has 2 rings (SSSR count). The fourth-order valence-corrected chi connectivity index (χ4v) is 3.15. The Morgan fingerprint density at radius 3 is 2.65 bits per heavy atom. The molecule has 0 unspecified atom stereocenters. The summed E-state index contributed by atoms with van der Waals surface area (Å²) in [4.78, 5) is 18.2. The predicted molar refractivity (Wildman–Crippen MR) is 93.4 cm³/mol. The van der Waals surface area contributed by atoms with E-state index in [1.54, 1.807) is 17.4 Å². The van der Waals surface area contributed by atoms with E-state index in [1.165, 1.54) is 11.1 Å². The molecule has 126 valence electrons. The summed E-state index contributed by atoms with van der Waals surface area (Å²) in [5, 5.41) is 2.03. The van der Waals surface area contributed by atoms with Crippen LogP contribution in [0.3, 0.4) is 0 Å². The van der Waals surface area contributed by atoms with Crippen molar-refractivity contribution < 1.29 is 9.21 Å². The van der Waals surface area contributed by atoms with Crippen LogP contribution in [0.4, 0.5) is 0 Å². The SMILES string of the molecule is CCN(CC)CCN(Cc1cccs1)C(=O)c1coc(CN)c1. The van der Waals surface area contributed by atoms with E-state index < -0.39 is 0 Å². The van der Waals surface area contributed by atoms with E-state index in [4.69, 9.17) is 10.2 Å². The molecule has 0 fully saturated rings. The molecule has 0 spiro atoms. The first-order valence-electron chi connectivity index (χ1n) is 7.99. The van der Waals surface area contributed by atoms with Crippen LogP contribution in [-0.4, -0.2) is 41.9 Å². The number of nitrogens with zero attached hydrogens (tertiary/aromatic N) is 2. The molecule has 0 saturated heterocycles. The number of amides is 1. The van der Waals surface area contributed by atoms with Crippen LogP contribution in [0, 0.1) is 0 Å². The molecule has 6 heteroatoms. The van der Waals surface area contributed by atoms with Gasteiger partial charge in [-0.3, -0.25) is 4.79 Å². The number of carbonyl (C=O) groups is 1. The Morgan fingerprint density at radius 2 is 2.09 bits per heavy atom. The molecule has 1 amide bonds. The van der Waals surface area contributed by atoms with Crippen molar-refractivity contribution in [3.63, 3.8) is 0 Å². The third-order valence-corrected chi connectivity index (χ3v) is 4.76. The molecule has 2 aromatic heterocycles. The minimum Gasteiger partial charge on any atom is -0.467 e. The zero-order valence-corrected chi connectivity index (χ0v) is 14.6. The van der Waals surface area contributed by atoms with E-state index in [0.717, 1.165) is 19.6 Å². The number of carbonyl (C=O) groups excluding carboxylic acids is 1. The third kappa shape index (κ3) is 4.92. The number of rotatable bonds is 9. The van der Waals surface area contributed by atoms with Crippen LogP contribution in [0.25, 0.3) is 0 Å². The Morgan fingerprint density at radius 1 is 1.30 bits per heavy atom. The van der Waals surface area contributed by atoms with Crippen LogP contribution in [0.5, 0.6) is 0 Å². The van der Waals surface area contributed by atoms with E-state index in [1.807, 2.05) is 16.3 Å². The lowest BCUT2D eigenvalue weighted by Crippen LogP contribution is -2.38. The van der Waals surface area contributed by atoms with Gasteiger partial charge in [0.1, 0.15) is 12.0 Å². The van der Waals surface area contributed by atoms with Crippen LogP contribution < -0.4 is 5.73 Å². The van der Waals surface area contributed by atoms with Crippen molar-refractivity contribution >= 4 is 17.2 Å². The molecule has 0 aromatic carbocycles. The molecule has 2 aromatic rings. The number of hydrogen-bond donors (Lipinski definition) is 1. The lowest BCUT2D eigenvalue weighted by Gasteiger charge is -2.26. The molecular weight excluding hydrogens is 310 g/mol. The van der Waals surface area contributed by atoms with Gasteiger partial charge in [0.25, 0.3) is 5.91 Å². The Balaban J connectivity index is 2.09. The van der Waals surface area contributed by atoms with E-state index in [-0.39, 0.29) is 5.91 Å². The maximum atomic E-state index is 12.8. The Bertz CT molecular complexity index is 591. The Kier molecular flexibility index (Phi) is 6.83. The van der Waals surface area contributed by atoms with Crippen molar-refractivity contribution in [2.24, 2.45) is 5.73 Å². The van der Waals surface area contributed by atoms with E-state index >= 15 is 0 Å². The zero-order chi connectivity index (χ0) is 16.7. The van der Waals surface area contributed by atoms with Crippen molar-refractivity contribution in [3.05, 3.63) is 46.0 Å². The van der Waals surface area contributed by atoms with Gasteiger partial charge in [-0.15, -0.1) is 11.3 Å². The highest BCUT2D eigenvalue weighted by molar-refractivity contribution is 7.09. The number of likely N-dealkylation sites (N-methyl/N-ethyl adjacent to an activating group) is 1. The average Bonchev–Trinajstić information content (AvgIpc) is 3.25. The maximum Gasteiger partial charge on any atom is 0.257 e. The molecular formula is C17H25N3O2S. The largest absolute Gasteiger partial charge is 0.467 e. The van der Waals surface area contributed by atoms with Gasteiger partial charge in [-0.05, 0) is 30.6 Å². The van der Waals surface area contributed by atoms with Gasteiger partial charge in [-0.2, -0.15) is 0 Å². The van der Waals surface area contributed by atoms with E-state index in [2.05, 4.69) is 24.8 Å². The summed E-state index contributed by atoms with van der Waals surface area (Å²) in [6, 6.07) is 5.81. The highest BCUT2D eigenvalue weighted by Crippen LogP contribution is 2.16. The summed E-state index contributed by atoms with van der Waals surface area (Å²) in [6.07, 6.45) is 1.50. The van der Waals surface area contributed by atoms with Crippen LogP contribution in [0.2, 0.25) is 0 Å². The number of hydrogen-bond acceptors (Lipinski definition) is 5. The second kappa shape index (κ2) is 8.86. The molecule has 0 aliphatic carbocycles. The fourth-order valence-electron chi connectivity index (χ4n) is 2.43. The summed E-state index contributed by atoms with van der Waals surface area (Å²) in [7, 11) is 0. The highest BCUT2D eigenvalue weighted by atomic mass is 32.1. The monoisotopic (exact) mass is 335 g/mol. The van der Waals surface area contributed by atoms with Gasteiger partial charge in [-0.25, -0.2) is 0 Å². The fraction of sp³-hybridized carbons (Fsp3) is 0.471. The summed E-state index contributed by atoms with van der Waals surface area (Å²) >= 11 is 1.67. The van der Waals surface area contributed by atoms with Gasteiger partial charge < -0.3 is 20.0 Å². The van der Waals surface area contributed by atoms with Crippen molar-refractivity contribution in [2.75, 3.05) is 26.2 Å². The quantitative estimate of drug-likeness (QED) is 0.765. The van der Waals surface area contributed by atoms with Gasteiger partial charge in [0.15, 0.2) is 0 Å². The van der Waals surface area contributed by atoms with Crippen molar-refractivity contribution in [1.29, 1.82) is 0 Å². The molecule has 0 aliphatic rings. The van der Waals surface area contributed by atoms with Gasteiger partial charge in [0.2, 0.25) is 0 Å². The van der Waals surface area contributed by atoms with Crippen LogP contribution in [0.15, 0.2) is 34.3 Å². The Hall–Kier alpha value is -1.63. The molecule has 0 saturated carbocycles. The molecule has 2 N–H and O–H groups in total. The number of nitrogens with two attached hydrogens (primary N) is 1. The van der Waals surface area contributed by atoms with Gasteiger partial charge in [-0.1, -0.05) is 19.9 Å². The molecule has 0 atom stereocenters. The van der Waals surface area contributed by atoms with Crippen molar-refractivity contribution in [3.8, 4) is 0 Å². The highest BCUT2D eigenvalue weighted by Gasteiger charge is 2.19. The van der Waals surface area contributed by atoms with Crippen LogP contribution >= 0.6 is 11.3 Å². The zero-order valence-electron chi connectivity index (χ0n) is 13.8. The lowest BCUT2D eigenvalue weighted by molar-refractivity contribution is 0.0725. The van der Waals surface area contributed by atoms with Crippen molar-refractivity contribution in [2.45, 2.75) is 26.9 Å². The standard InChI is InChI=1S/C17H25N3O2S/c1-3-19(4-2)7-8-20(12-16-6-5-9-23-16)17(21)14-10-15(11-18)22-13-14/h5-6,9-10,13H,3-4,7-8,11-12,18H2,1-2H3. The van der Waals surface area contributed by atoms with Gasteiger partial charge >= 0.3 is 0 Å². The molecule has 0 radical (unpaired) electrons. The molecule has 5 nitrogen and oxygen atoms in total. The Labute approximate surface area is 141 Å². The van der Waals surface area contributed by atoms with Crippen molar-refractivity contribution in [1.82, 2.24) is 9.80 Å². The maximum absolute atomic E-state index is 12.8. The summed E-state index contributed by atoms with van der Waals surface area (Å²) in [5.41, 5.74) is 6.13. The summed E-state index contributed by atoms with van der Waals surface area (Å²) in [6.45, 7) is 8.74. The minimum atomic E-state index is -0.00555. The summed E-state index contributed by atoms with van der Waals surface area (Å²) < 4.78 is 5.31. The second-order valence-corrected chi connectivity index (χ2v) is 6.37. The molecule has 2 heterocycles. The molecule has 0 aliphatic heterocycles. The smallest absolute Gasteiger partial charge is 0.257 e. The minimum absolute atomic E-state index is 0.00555. The van der Waals surface area contributed by atoms with Crippen LogP contribution in [0.1, 0.15) is 34.8 Å². The first-order chi connectivity index (χ1) is 11.2. The average molecular weight is 335 g/mol. The second-order valence-electron chi connectivity index (χ2n) is 5.34. The molecule has 0 bridgehead atoms. The predicted octanol–water partition coefficient (Wildman–Crippen LogP) is 2.78. The first kappa shape index (κ1) is 17.7. The first-order valence-corrected chi connectivity index (χ1v) is 8.87. The lowest BCUT2D eigenvalue weighted by atomic mass is 10.2. The van der Waals surface area contributed by atoms with Gasteiger partial charge in [0.05, 0.1) is 18.7 Å². The number of furan rings is 1.